The van der Waals surface area contributed by atoms with Gasteiger partial charge in [0.1, 0.15) is 0 Å². The predicted octanol–water partition coefficient (Wildman–Crippen LogP) is 5.56. The maximum Gasteiger partial charge on any atom is 0.488 e. The van der Waals surface area contributed by atoms with Crippen LogP contribution in [0, 0.1) is 13.8 Å². The molecule has 142 valence electrons. The first-order valence-corrected chi connectivity index (χ1v) is 10.5. The molecule has 2 N–H and O–H groups in total. The second-order valence-corrected chi connectivity index (χ2v) is 7.53. The highest BCUT2D eigenvalue weighted by molar-refractivity contribution is 7.17. The maximum absolute atomic E-state index is 9.53. The number of thiophene rings is 1. The first-order chi connectivity index (χ1) is 13.5. The minimum Gasteiger partial charge on any atom is -0.423 e. The van der Waals surface area contributed by atoms with Crippen molar-refractivity contribution in [2.24, 2.45) is 0 Å². The topological polar surface area (TPSA) is 40.5 Å². The third-order valence-electron chi connectivity index (χ3n) is 4.86. The van der Waals surface area contributed by atoms with Crippen molar-refractivity contribution < 1.29 is 10.0 Å². The minimum atomic E-state index is -1.43. The Labute approximate surface area is 171 Å². The lowest BCUT2D eigenvalue weighted by atomic mass is 9.73. The molecule has 0 amide bonds. The van der Waals surface area contributed by atoms with Crippen LogP contribution in [0.5, 0.6) is 0 Å². The zero-order chi connectivity index (χ0) is 20.3. The van der Waals surface area contributed by atoms with Gasteiger partial charge in [0.2, 0.25) is 0 Å². The van der Waals surface area contributed by atoms with Gasteiger partial charge in [0, 0.05) is 15.6 Å². The van der Waals surface area contributed by atoms with Gasteiger partial charge in [-0.05, 0) is 47.4 Å². The van der Waals surface area contributed by atoms with Gasteiger partial charge in [-0.1, -0.05) is 79.6 Å². The Bertz CT molecular complexity index is 1060. The van der Waals surface area contributed by atoms with Crippen LogP contribution in [0.3, 0.4) is 0 Å². The summed E-state index contributed by atoms with van der Waals surface area (Å²) in [7, 11) is -1.43. The number of hydrogen-bond acceptors (Lipinski definition) is 3. The molecule has 0 saturated heterocycles. The largest absolute Gasteiger partial charge is 0.488 e. The summed E-state index contributed by atoms with van der Waals surface area (Å²) in [5.74, 6) is 0. The Morgan fingerprint density at radius 1 is 0.750 bits per heavy atom. The molecular weight excluding hydrogens is 363 g/mol. The summed E-state index contributed by atoms with van der Waals surface area (Å²) in [6.07, 6.45) is 0. The molecule has 0 fully saturated rings. The van der Waals surface area contributed by atoms with Gasteiger partial charge in [0.25, 0.3) is 0 Å². The molecular formula is C24H25BO2S. The maximum atomic E-state index is 9.53. The van der Waals surface area contributed by atoms with Crippen molar-refractivity contribution >= 4 is 34.0 Å². The van der Waals surface area contributed by atoms with Gasteiger partial charge in [0.15, 0.2) is 0 Å². The van der Waals surface area contributed by atoms with Gasteiger partial charge in [-0.25, -0.2) is 0 Å². The molecule has 1 heterocycles. The van der Waals surface area contributed by atoms with E-state index in [0.29, 0.717) is 5.46 Å². The fraction of sp³-hybridized carbons (Fsp3) is 0.167. The van der Waals surface area contributed by atoms with E-state index in [9.17, 15) is 10.0 Å². The van der Waals surface area contributed by atoms with Gasteiger partial charge in [-0.3, -0.25) is 0 Å². The van der Waals surface area contributed by atoms with Crippen LogP contribution >= 0.6 is 11.3 Å². The molecule has 0 radical (unpaired) electrons. The molecule has 0 bridgehead atoms. The highest BCUT2D eigenvalue weighted by atomic mass is 32.1. The van der Waals surface area contributed by atoms with Gasteiger partial charge in [-0.15, -0.1) is 11.3 Å². The van der Waals surface area contributed by atoms with Crippen LogP contribution in [-0.4, -0.2) is 17.2 Å². The lowest BCUT2D eigenvalue weighted by molar-refractivity contribution is 0.425. The number of fused-ring (bicyclic) bond motifs is 1. The van der Waals surface area contributed by atoms with Crippen LogP contribution in [0.2, 0.25) is 0 Å². The first kappa shape index (κ1) is 20.3. The second-order valence-electron chi connectivity index (χ2n) is 6.62. The van der Waals surface area contributed by atoms with Crippen LogP contribution < -0.4 is 5.46 Å². The summed E-state index contributed by atoms with van der Waals surface area (Å²) in [6.45, 7) is 7.83. The zero-order valence-electron chi connectivity index (χ0n) is 16.7. The summed E-state index contributed by atoms with van der Waals surface area (Å²) in [5, 5.41) is 22.6. The van der Waals surface area contributed by atoms with E-state index < -0.39 is 7.12 Å². The van der Waals surface area contributed by atoms with Crippen molar-refractivity contribution in [1.29, 1.82) is 0 Å². The van der Waals surface area contributed by atoms with Crippen molar-refractivity contribution in [3.05, 3.63) is 77.2 Å². The van der Waals surface area contributed by atoms with Gasteiger partial charge in [-0.2, -0.15) is 0 Å². The fourth-order valence-electron chi connectivity index (χ4n) is 3.59. The number of aryl methyl sites for hydroxylation is 2. The molecule has 0 saturated carbocycles. The third-order valence-corrected chi connectivity index (χ3v) is 5.83. The molecule has 28 heavy (non-hydrogen) atoms. The van der Waals surface area contributed by atoms with Crippen molar-refractivity contribution in [1.82, 2.24) is 0 Å². The van der Waals surface area contributed by atoms with Gasteiger partial charge in [0.05, 0.1) is 0 Å². The summed E-state index contributed by atoms with van der Waals surface area (Å²) in [5.41, 5.74) is 7.07. The SMILES string of the molecule is CC.Cc1cc(-c2ccc(-c3csc4ccccc34)cc2)cc(C)c1B(O)O. The average Bonchev–Trinajstić information content (AvgIpc) is 3.13. The Morgan fingerprint density at radius 2 is 1.32 bits per heavy atom. The molecule has 4 rings (SSSR count). The molecule has 2 nitrogen and oxygen atoms in total. The van der Waals surface area contributed by atoms with Crippen LogP contribution in [0.4, 0.5) is 0 Å². The fourth-order valence-corrected chi connectivity index (χ4v) is 4.56. The van der Waals surface area contributed by atoms with E-state index >= 15 is 0 Å². The predicted molar refractivity (Wildman–Crippen MR) is 123 cm³/mol. The molecule has 3 aromatic carbocycles. The molecule has 0 aliphatic heterocycles. The first-order valence-electron chi connectivity index (χ1n) is 9.59. The monoisotopic (exact) mass is 388 g/mol. The zero-order valence-corrected chi connectivity index (χ0v) is 17.5. The van der Waals surface area contributed by atoms with E-state index in [1.807, 2.05) is 39.8 Å². The van der Waals surface area contributed by atoms with E-state index in [1.165, 1.54) is 21.2 Å². The van der Waals surface area contributed by atoms with E-state index in [1.54, 1.807) is 11.3 Å². The smallest absolute Gasteiger partial charge is 0.423 e. The van der Waals surface area contributed by atoms with E-state index in [2.05, 4.69) is 53.9 Å². The molecule has 4 aromatic rings. The minimum absolute atomic E-state index is 0.593. The average molecular weight is 388 g/mol. The Balaban J connectivity index is 0.00000109. The molecule has 4 heteroatoms. The van der Waals surface area contributed by atoms with Crippen LogP contribution in [0.25, 0.3) is 32.3 Å². The molecule has 0 unspecified atom stereocenters. The summed E-state index contributed by atoms with van der Waals surface area (Å²) in [6, 6.07) is 21.1. The normalized spacial score (nSPS) is 10.5. The third kappa shape index (κ3) is 3.90. The van der Waals surface area contributed by atoms with Gasteiger partial charge >= 0.3 is 7.12 Å². The molecule has 0 aliphatic rings. The van der Waals surface area contributed by atoms with E-state index in [4.69, 9.17) is 0 Å². The molecule has 1 aromatic heterocycles. The number of benzene rings is 3. The summed E-state index contributed by atoms with van der Waals surface area (Å²) < 4.78 is 1.30. The van der Waals surface area contributed by atoms with Crippen molar-refractivity contribution in [3.63, 3.8) is 0 Å². The lowest BCUT2D eigenvalue weighted by Gasteiger charge is -2.12. The molecule has 0 spiro atoms. The van der Waals surface area contributed by atoms with E-state index in [0.717, 1.165) is 22.3 Å². The number of hydrogen-bond donors (Lipinski definition) is 2. The lowest BCUT2D eigenvalue weighted by Crippen LogP contribution is -2.34. The van der Waals surface area contributed by atoms with Crippen LogP contribution in [0.15, 0.2) is 66.0 Å². The Kier molecular flexibility index (Phi) is 6.35. The second kappa shape index (κ2) is 8.74. The van der Waals surface area contributed by atoms with Crippen LogP contribution in [-0.2, 0) is 0 Å². The summed E-state index contributed by atoms with van der Waals surface area (Å²) in [4.78, 5) is 0. The number of rotatable bonds is 3. The Hall–Kier alpha value is -2.40. The summed E-state index contributed by atoms with van der Waals surface area (Å²) >= 11 is 1.77. The highest BCUT2D eigenvalue weighted by Gasteiger charge is 2.17. The van der Waals surface area contributed by atoms with Crippen molar-refractivity contribution in [2.45, 2.75) is 27.7 Å². The Morgan fingerprint density at radius 3 is 1.93 bits per heavy atom. The van der Waals surface area contributed by atoms with E-state index in [-0.39, 0.29) is 0 Å². The van der Waals surface area contributed by atoms with Crippen LogP contribution in [0.1, 0.15) is 25.0 Å². The van der Waals surface area contributed by atoms with Crippen molar-refractivity contribution in [3.8, 4) is 22.3 Å². The molecule has 0 aliphatic carbocycles. The van der Waals surface area contributed by atoms with Gasteiger partial charge < -0.3 is 10.0 Å². The standard InChI is InChI=1S/C22H19BO2S.C2H6/c1-14-11-18(12-15(2)22(14)23(24)25)16-7-9-17(10-8-16)20-13-26-21-6-4-3-5-19(20)21;1-2/h3-13,24-25H,1-2H3;1-2H3. The molecule has 0 atom stereocenters. The quantitative estimate of drug-likeness (QED) is 0.451. The highest BCUT2D eigenvalue weighted by Crippen LogP contribution is 2.34. The van der Waals surface area contributed by atoms with Crippen molar-refractivity contribution in [2.75, 3.05) is 0 Å².